The zero-order valence-electron chi connectivity index (χ0n) is 14.1. The van der Waals surface area contributed by atoms with Gasteiger partial charge in [0.05, 0.1) is 27.5 Å². The third kappa shape index (κ3) is 3.83. The number of benzene rings is 1. The fourth-order valence-electron chi connectivity index (χ4n) is 2.35. The maximum absolute atomic E-state index is 12.3. The summed E-state index contributed by atoms with van der Waals surface area (Å²) in [5, 5.41) is 11.0. The lowest BCUT2D eigenvalue weighted by atomic mass is 10.1. The molecule has 0 spiro atoms. The Kier molecular flexibility index (Phi) is 6.12. The van der Waals surface area contributed by atoms with Crippen molar-refractivity contribution in [3.63, 3.8) is 0 Å². The molecule has 2 aromatic heterocycles. The molecular weight excluding hydrogens is 340 g/mol. The number of rotatable bonds is 4. The van der Waals surface area contributed by atoms with Crippen LogP contribution in [0.5, 0.6) is 0 Å². The molecule has 126 valence electrons. The van der Waals surface area contributed by atoms with E-state index in [2.05, 4.69) is 20.8 Å². The van der Waals surface area contributed by atoms with E-state index in [1.54, 1.807) is 23.7 Å². The Morgan fingerprint density at radius 2 is 2.12 bits per heavy atom. The molecule has 7 heteroatoms. The number of fused-ring (bicyclic) bond motifs is 1. The van der Waals surface area contributed by atoms with Crippen LogP contribution in [-0.4, -0.2) is 14.2 Å². The summed E-state index contributed by atoms with van der Waals surface area (Å²) < 4.78 is 15.3. The van der Waals surface area contributed by atoms with Crippen molar-refractivity contribution in [1.82, 2.24) is 9.97 Å². The highest BCUT2D eigenvalue weighted by atomic mass is 32.2. The van der Waals surface area contributed by atoms with E-state index < -0.39 is 11.0 Å². The topological polar surface area (TPSA) is 81.6 Å². The van der Waals surface area contributed by atoms with Crippen molar-refractivity contribution >= 4 is 38.9 Å². The maximum atomic E-state index is 12.3. The first-order valence-electron chi connectivity index (χ1n) is 7.65. The number of nitrogens with one attached hydrogen (secondary N) is 2. The Morgan fingerprint density at radius 1 is 1.38 bits per heavy atom. The van der Waals surface area contributed by atoms with E-state index in [-0.39, 0.29) is 0 Å². The van der Waals surface area contributed by atoms with Gasteiger partial charge in [-0.2, -0.15) is 5.26 Å². The van der Waals surface area contributed by atoms with E-state index in [4.69, 9.17) is 5.26 Å². The molecule has 0 saturated carbocycles. The third-order valence-electron chi connectivity index (χ3n) is 3.33. The molecule has 2 N–H and O–H groups in total. The Labute approximate surface area is 148 Å². The first-order valence-corrected chi connectivity index (χ1v) is 9.79. The number of aryl methyl sites for hydroxylation is 2. The van der Waals surface area contributed by atoms with Crippen LogP contribution in [-0.2, 0) is 16.7 Å². The Morgan fingerprint density at radius 3 is 2.75 bits per heavy atom. The summed E-state index contributed by atoms with van der Waals surface area (Å²) >= 11 is 1.55. The molecule has 0 saturated heterocycles. The van der Waals surface area contributed by atoms with Crippen LogP contribution in [0.2, 0.25) is 0 Å². The number of nitriles is 1. The van der Waals surface area contributed by atoms with E-state index in [1.807, 2.05) is 39.8 Å². The summed E-state index contributed by atoms with van der Waals surface area (Å²) in [5.41, 5.74) is 3.16. The summed E-state index contributed by atoms with van der Waals surface area (Å²) in [6.07, 6.45) is 3.44. The van der Waals surface area contributed by atoms with Gasteiger partial charge in [-0.1, -0.05) is 19.9 Å². The van der Waals surface area contributed by atoms with Gasteiger partial charge in [0.25, 0.3) is 0 Å². The molecular formula is C17H20N4OS2. The lowest BCUT2D eigenvalue weighted by Gasteiger charge is -2.08. The van der Waals surface area contributed by atoms with Gasteiger partial charge in [-0.3, -0.25) is 0 Å². The fraction of sp³-hybridized carbons (Fsp3) is 0.294. The molecule has 3 rings (SSSR count). The van der Waals surface area contributed by atoms with Crippen LogP contribution in [0.15, 0.2) is 24.5 Å². The van der Waals surface area contributed by atoms with E-state index in [1.165, 1.54) is 0 Å². The molecule has 1 unspecified atom stereocenters. The predicted octanol–water partition coefficient (Wildman–Crippen LogP) is 4.41. The van der Waals surface area contributed by atoms with Crippen LogP contribution in [0.4, 0.5) is 5.69 Å². The first-order chi connectivity index (χ1) is 11.6. The largest absolute Gasteiger partial charge is 0.358 e. The van der Waals surface area contributed by atoms with Crippen LogP contribution in [0, 0.1) is 25.2 Å². The number of aromatic amines is 1. The van der Waals surface area contributed by atoms with Gasteiger partial charge in [-0.15, -0.1) is 11.3 Å². The Bertz CT molecular complexity index is 905. The quantitative estimate of drug-likeness (QED) is 0.723. The van der Waals surface area contributed by atoms with Gasteiger partial charge in [0.1, 0.15) is 17.1 Å². The number of H-pyrrole nitrogens is 1. The van der Waals surface area contributed by atoms with Crippen molar-refractivity contribution in [3.8, 4) is 6.07 Å². The molecule has 24 heavy (non-hydrogen) atoms. The molecule has 2 heterocycles. The lowest BCUT2D eigenvalue weighted by molar-refractivity contribution is 0.686. The number of aromatic nitrogens is 2. The number of nitrogens with zero attached hydrogens (tertiary/aromatic N) is 2. The minimum Gasteiger partial charge on any atom is -0.358 e. The summed E-state index contributed by atoms with van der Waals surface area (Å²) in [7, 11) is -1.25. The van der Waals surface area contributed by atoms with Gasteiger partial charge in [0.2, 0.25) is 0 Å². The van der Waals surface area contributed by atoms with Gasteiger partial charge in [-0.05, 0) is 25.5 Å². The van der Waals surface area contributed by atoms with Crippen LogP contribution < -0.4 is 4.72 Å². The Balaban J connectivity index is 0.00000100. The van der Waals surface area contributed by atoms with Crippen molar-refractivity contribution < 1.29 is 4.21 Å². The molecule has 0 aliphatic heterocycles. The second-order valence-corrected chi connectivity index (χ2v) is 7.43. The molecule has 0 amide bonds. The minimum atomic E-state index is -1.25. The monoisotopic (exact) mass is 360 g/mol. The number of thiazole rings is 1. The minimum absolute atomic E-state index is 0.409. The molecule has 0 aliphatic rings. The van der Waals surface area contributed by atoms with Crippen LogP contribution in [0.3, 0.4) is 0 Å². The van der Waals surface area contributed by atoms with Gasteiger partial charge >= 0.3 is 0 Å². The van der Waals surface area contributed by atoms with Crippen molar-refractivity contribution in [2.24, 2.45) is 0 Å². The molecule has 0 aliphatic carbocycles. The van der Waals surface area contributed by atoms with E-state index >= 15 is 0 Å². The second kappa shape index (κ2) is 8.08. The van der Waals surface area contributed by atoms with Crippen LogP contribution in [0.25, 0.3) is 10.9 Å². The van der Waals surface area contributed by atoms with Crippen molar-refractivity contribution in [1.29, 1.82) is 5.26 Å². The molecule has 1 atom stereocenters. The SMILES string of the molecule is CC.Cc1ncc(CS(=O)Nc2ccc(C)c3c(C#N)c[nH]c23)s1. The van der Waals surface area contributed by atoms with Gasteiger partial charge in [0, 0.05) is 22.7 Å². The highest BCUT2D eigenvalue weighted by molar-refractivity contribution is 7.85. The molecule has 0 fully saturated rings. The summed E-state index contributed by atoms with van der Waals surface area (Å²) in [6, 6.07) is 5.98. The molecule has 3 aromatic rings. The van der Waals surface area contributed by atoms with Gasteiger partial charge in [-0.25, -0.2) is 9.19 Å². The number of hydrogen-bond acceptors (Lipinski definition) is 4. The molecule has 0 bridgehead atoms. The van der Waals surface area contributed by atoms with E-state index in [0.717, 1.165) is 32.0 Å². The zero-order chi connectivity index (χ0) is 17.7. The van der Waals surface area contributed by atoms with Crippen molar-refractivity contribution in [2.45, 2.75) is 33.4 Å². The molecule has 1 aromatic carbocycles. The average molecular weight is 361 g/mol. The van der Waals surface area contributed by atoms with Crippen LogP contribution in [0.1, 0.15) is 34.9 Å². The summed E-state index contributed by atoms with van der Waals surface area (Å²) in [4.78, 5) is 8.24. The van der Waals surface area contributed by atoms with Gasteiger partial charge < -0.3 is 9.71 Å². The number of anilines is 1. The average Bonchev–Trinajstić information content (AvgIpc) is 3.19. The van der Waals surface area contributed by atoms with Crippen LogP contribution >= 0.6 is 11.3 Å². The Hall–Kier alpha value is -2.17. The van der Waals surface area contributed by atoms with Crippen molar-refractivity contribution in [2.75, 3.05) is 4.72 Å². The number of hydrogen-bond donors (Lipinski definition) is 2. The van der Waals surface area contributed by atoms with Crippen molar-refractivity contribution in [3.05, 3.63) is 45.5 Å². The third-order valence-corrected chi connectivity index (χ3v) is 5.45. The normalized spacial score (nSPS) is 11.5. The van der Waals surface area contributed by atoms with E-state index in [9.17, 15) is 4.21 Å². The standard InChI is InChI=1S/C15H14N4OS2.C2H6/c1-9-3-4-13(15-14(9)11(5-16)6-18-15)19-22(20)8-12-7-17-10(2)21-12;1-2/h3-4,6-7,18-19H,8H2,1-2H3;1-2H3. The highest BCUT2D eigenvalue weighted by Gasteiger charge is 2.12. The smallest absolute Gasteiger partial charge is 0.122 e. The zero-order valence-corrected chi connectivity index (χ0v) is 15.8. The maximum Gasteiger partial charge on any atom is 0.122 e. The second-order valence-electron chi connectivity index (χ2n) is 4.93. The fourth-order valence-corrected chi connectivity index (χ4v) is 4.32. The lowest BCUT2D eigenvalue weighted by Crippen LogP contribution is -2.06. The van der Waals surface area contributed by atoms with Gasteiger partial charge in [0.15, 0.2) is 0 Å². The summed E-state index contributed by atoms with van der Waals surface area (Å²) in [6.45, 7) is 7.88. The predicted molar refractivity (Wildman–Crippen MR) is 101 cm³/mol. The molecule has 5 nitrogen and oxygen atoms in total. The van der Waals surface area contributed by atoms with E-state index in [0.29, 0.717) is 11.3 Å². The molecule has 0 radical (unpaired) electrons. The first kappa shape index (κ1) is 18.2. The highest BCUT2D eigenvalue weighted by Crippen LogP contribution is 2.29. The summed E-state index contributed by atoms with van der Waals surface area (Å²) in [5.74, 6) is 0.409.